The van der Waals surface area contributed by atoms with Crippen LogP contribution in [0.15, 0.2) is 60.7 Å². The molecule has 2 aromatic rings. The van der Waals surface area contributed by atoms with Crippen LogP contribution in [-0.2, 0) is 4.57 Å². The third-order valence-corrected chi connectivity index (χ3v) is 8.48. The van der Waals surface area contributed by atoms with E-state index in [4.69, 9.17) is 12.2 Å². The van der Waals surface area contributed by atoms with Gasteiger partial charge in [0, 0.05) is 5.30 Å². The van der Waals surface area contributed by atoms with E-state index in [1.807, 2.05) is 72.3 Å². The molecule has 2 atom stereocenters. The zero-order chi connectivity index (χ0) is 17.4. The van der Waals surface area contributed by atoms with Crippen molar-refractivity contribution in [2.24, 2.45) is 5.92 Å². The highest BCUT2D eigenvalue weighted by Gasteiger charge is 2.57. The number of nitrogens with zero attached hydrogens (tertiary/aromatic N) is 1. The van der Waals surface area contributed by atoms with Crippen LogP contribution in [0.25, 0.3) is 0 Å². The molecule has 3 nitrogen and oxygen atoms in total. The van der Waals surface area contributed by atoms with Gasteiger partial charge in [0.1, 0.15) is 5.28 Å². The van der Waals surface area contributed by atoms with Crippen molar-refractivity contribution in [2.75, 3.05) is 4.67 Å². The third-order valence-electron chi connectivity index (χ3n) is 4.43. The highest BCUT2D eigenvalue weighted by atomic mass is 32.1. The summed E-state index contributed by atoms with van der Waals surface area (Å²) in [6.07, 6.45) is 0.780. The second-order valence-electron chi connectivity index (χ2n) is 6.86. The van der Waals surface area contributed by atoms with Crippen LogP contribution in [0.1, 0.15) is 27.2 Å². The average molecular weight is 358 g/mol. The molecule has 1 fully saturated rings. The summed E-state index contributed by atoms with van der Waals surface area (Å²) >= 11 is 5.62. The lowest BCUT2D eigenvalue weighted by Gasteiger charge is -2.35. The molecule has 0 amide bonds. The monoisotopic (exact) mass is 358 g/mol. The van der Waals surface area contributed by atoms with Gasteiger partial charge in [-0.05, 0) is 55.7 Å². The van der Waals surface area contributed by atoms with Crippen molar-refractivity contribution in [3.8, 4) is 0 Å². The predicted octanol–water partition coefficient (Wildman–Crippen LogP) is 4.75. The maximum absolute atomic E-state index is 14.5. The minimum Gasteiger partial charge on any atom is -0.348 e. The molecule has 0 radical (unpaired) electrons. The summed E-state index contributed by atoms with van der Waals surface area (Å²) in [5.74, 6) is 0.401. The fourth-order valence-electron chi connectivity index (χ4n) is 3.56. The van der Waals surface area contributed by atoms with Gasteiger partial charge in [-0.15, -0.1) is 0 Å². The first-order chi connectivity index (χ1) is 11.4. The van der Waals surface area contributed by atoms with Gasteiger partial charge in [-0.3, -0.25) is 9.24 Å². The number of thiocarbonyl (C=S) groups is 1. The molecule has 0 aromatic heterocycles. The van der Waals surface area contributed by atoms with Crippen LogP contribution in [-0.4, -0.2) is 10.4 Å². The molecular weight excluding hydrogens is 335 g/mol. The van der Waals surface area contributed by atoms with Crippen molar-refractivity contribution in [2.45, 2.75) is 32.5 Å². The topological polar surface area (TPSA) is 32.3 Å². The Balaban J connectivity index is 2.22. The molecule has 1 saturated heterocycles. The lowest BCUT2D eigenvalue weighted by Crippen LogP contribution is -2.40. The standard InChI is InChI=1S/C19H23N2OPS/c1-15(2)14-19(3)20-18(24)21(16-10-6-4-7-11-16)23(19,22)17-12-8-5-9-13-17/h4-13,15H,14H2,1-3H3,(H,20,24)/t19-,23+/m0/s1. The Bertz CT molecular complexity index is 778. The Morgan fingerprint density at radius 1 is 1.08 bits per heavy atom. The van der Waals surface area contributed by atoms with E-state index in [0.29, 0.717) is 11.0 Å². The van der Waals surface area contributed by atoms with E-state index in [1.54, 1.807) is 0 Å². The Morgan fingerprint density at radius 3 is 2.17 bits per heavy atom. The molecule has 1 aliphatic rings. The summed E-state index contributed by atoms with van der Waals surface area (Å²) in [4.78, 5) is 0. The molecule has 5 heteroatoms. The van der Waals surface area contributed by atoms with Gasteiger partial charge in [0.25, 0.3) is 0 Å². The number of rotatable bonds is 4. The summed E-state index contributed by atoms with van der Waals surface area (Å²) in [6, 6.07) is 19.5. The quantitative estimate of drug-likeness (QED) is 0.632. The first-order valence-electron chi connectivity index (χ1n) is 8.22. The lowest BCUT2D eigenvalue weighted by atomic mass is 10.0. The average Bonchev–Trinajstić information content (AvgIpc) is 2.75. The lowest BCUT2D eigenvalue weighted by molar-refractivity contribution is 0.435. The third kappa shape index (κ3) is 2.68. The molecule has 1 heterocycles. The van der Waals surface area contributed by atoms with Gasteiger partial charge in [0.15, 0.2) is 5.11 Å². The van der Waals surface area contributed by atoms with E-state index in [-0.39, 0.29) is 0 Å². The van der Waals surface area contributed by atoms with Crippen LogP contribution < -0.4 is 15.3 Å². The van der Waals surface area contributed by atoms with Crippen LogP contribution in [0.4, 0.5) is 5.69 Å². The van der Waals surface area contributed by atoms with E-state index in [9.17, 15) is 4.57 Å². The molecule has 1 aliphatic heterocycles. The maximum Gasteiger partial charge on any atom is 0.231 e. The van der Waals surface area contributed by atoms with Gasteiger partial charge in [-0.2, -0.15) is 0 Å². The molecule has 2 aromatic carbocycles. The number of hydrogen-bond acceptors (Lipinski definition) is 2. The largest absolute Gasteiger partial charge is 0.348 e. The highest BCUT2D eigenvalue weighted by Crippen LogP contribution is 2.65. The van der Waals surface area contributed by atoms with Crippen molar-refractivity contribution in [1.29, 1.82) is 0 Å². The Hall–Kier alpha value is -1.64. The van der Waals surface area contributed by atoms with Crippen LogP contribution in [0, 0.1) is 5.92 Å². The Kier molecular flexibility index (Phi) is 4.54. The summed E-state index contributed by atoms with van der Waals surface area (Å²) in [5.41, 5.74) is 0.870. The molecule has 24 heavy (non-hydrogen) atoms. The van der Waals surface area contributed by atoms with Gasteiger partial charge in [0.05, 0.1) is 5.69 Å². The predicted molar refractivity (Wildman–Crippen MR) is 106 cm³/mol. The number of anilines is 1. The minimum absolute atomic E-state index is 0.401. The SMILES string of the molecule is CC(C)C[C@@]1(C)NC(=S)N(c2ccccc2)[P@@]1(=O)c1ccccc1. The Morgan fingerprint density at radius 2 is 1.62 bits per heavy atom. The summed E-state index contributed by atoms with van der Waals surface area (Å²) in [7, 11) is -3.01. The molecule has 0 saturated carbocycles. The van der Waals surface area contributed by atoms with E-state index < -0.39 is 12.6 Å². The second-order valence-corrected chi connectivity index (χ2v) is 10.3. The van der Waals surface area contributed by atoms with Crippen LogP contribution in [0.5, 0.6) is 0 Å². The minimum atomic E-state index is -3.01. The van der Waals surface area contributed by atoms with Crippen LogP contribution in [0.2, 0.25) is 0 Å². The maximum atomic E-state index is 14.5. The number of para-hydroxylation sites is 1. The summed E-state index contributed by atoms with van der Waals surface area (Å²) in [6.45, 7) is 6.34. The summed E-state index contributed by atoms with van der Waals surface area (Å²) < 4.78 is 16.4. The first-order valence-corrected chi connectivity index (χ1v) is 10.3. The van der Waals surface area contributed by atoms with Gasteiger partial charge in [-0.25, -0.2) is 0 Å². The van der Waals surface area contributed by atoms with E-state index in [0.717, 1.165) is 17.4 Å². The van der Waals surface area contributed by atoms with Crippen molar-refractivity contribution in [1.82, 2.24) is 5.32 Å². The van der Waals surface area contributed by atoms with Crippen molar-refractivity contribution in [3.63, 3.8) is 0 Å². The van der Waals surface area contributed by atoms with Crippen molar-refractivity contribution in [3.05, 3.63) is 60.7 Å². The molecule has 1 N–H and O–H groups in total. The molecule has 0 spiro atoms. The zero-order valence-corrected chi connectivity index (χ0v) is 16.0. The fraction of sp³-hybridized carbons (Fsp3) is 0.316. The van der Waals surface area contributed by atoms with E-state index >= 15 is 0 Å². The van der Waals surface area contributed by atoms with Crippen LogP contribution >= 0.6 is 19.5 Å². The van der Waals surface area contributed by atoms with Crippen molar-refractivity contribution >= 4 is 35.6 Å². The number of nitrogens with one attached hydrogen (secondary N) is 1. The first kappa shape index (κ1) is 17.2. The smallest absolute Gasteiger partial charge is 0.231 e. The van der Waals surface area contributed by atoms with E-state index in [2.05, 4.69) is 19.2 Å². The van der Waals surface area contributed by atoms with Crippen molar-refractivity contribution < 1.29 is 4.57 Å². The number of hydrogen-bond donors (Lipinski definition) is 1. The van der Waals surface area contributed by atoms with E-state index in [1.165, 1.54) is 0 Å². The van der Waals surface area contributed by atoms with Gasteiger partial charge >= 0.3 is 0 Å². The van der Waals surface area contributed by atoms with Gasteiger partial charge in [0.2, 0.25) is 7.29 Å². The molecule has 3 rings (SSSR count). The zero-order valence-electron chi connectivity index (χ0n) is 14.3. The fourth-order valence-corrected chi connectivity index (χ4v) is 7.76. The van der Waals surface area contributed by atoms with Crippen LogP contribution in [0.3, 0.4) is 0 Å². The summed E-state index contributed by atoms with van der Waals surface area (Å²) in [5, 5.41) is 4.18. The molecular formula is C19H23N2OPS. The Labute approximate surface area is 149 Å². The molecule has 126 valence electrons. The highest BCUT2D eigenvalue weighted by molar-refractivity contribution is 7.85. The second kappa shape index (κ2) is 6.34. The van der Waals surface area contributed by atoms with Gasteiger partial charge < -0.3 is 5.32 Å². The number of benzene rings is 2. The molecule has 0 aliphatic carbocycles. The van der Waals surface area contributed by atoms with Gasteiger partial charge in [-0.1, -0.05) is 50.2 Å². The normalized spacial score (nSPS) is 26.7. The molecule has 0 bridgehead atoms. The molecule has 0 unspecified atom stereocenters.